The summed E-state index contributed by atoms with van der Waals surface area (Å²) in [4.78, 5) is 42.5. The van der Waals surface area contributed by atoms with Gasteiger partial charge in [-0.15, -0.1) is 11.8 Å². The van der Waals surface area contributed by atoms with Crippen molar-refractivity contribution in [2.75, 3.05) is 58.7 Å². The Morgan fingerprint density at radius 3 is 2.41 bits per heavy atom. The second-order valence-corrected chi connectivity index (χ2v) is 7.97. The number of carbonyl (C=O) groups is 3. The second-order valence-electron chi connectivity index (χ2n) is 6.66. The molecule has 0 unspecified atom stereocenters. The molecule has 0 aromatic heterocycles. The van der Waals surface area contributed by atoms with E-state index in [4.69, 9.17) is 4.74 Å². The molecule has 2 aliphatic rings. The highest BCUT2D eigenvalue weighted by atomic mass is 32.2. The molecule has 2 amide bonds. The molecular weight excluding hydrogens is 366 g/mol. The summed E-state index contributed by atoms with van der Waals surface area (Å²) in [5.41, 5.74) is 0.696. The van der Waals surface area contributed by atoms with E-state index >= 15 is 0 Å². The van der Waals surface area contributed by atoms with Crippen molar-refractivity contribution in [1.82, 2.24) is 14.7 Å². The first-order valence-electron chi connectivity index (χ1n) is 9.12. The molecule has 2 heterocycles. The summed E-state index contributed by atoms with van der Waals surface area (Å²) in [5, 5.41) is -0.298. The molecule has 146 valence electrons. The predicted molar refractivity (Wildman–Crippen MR) is 104 cm³/mol. The van der Waals surface area contributed by atoms with Crippen LogP contribution in [0.2, 0.25) is 0 Å². The molecule has 8 heteroatoms. The van der Waals surface area contributed by atoms with Crippen LogP contribution >= 0.6 is 11.8 Å². The van der Waals surface area contributed by atoms with Gasteiger partial charge in [0.15, 0.2) is 0 Å². The summed E-state index contributed by atoms with van der Waals surface area (Å²) >= 11 is 1.54. The van der Waals surface area contributed by atoms with Crippen LogP contribution in [0.5, 0.6) is 0 Å². The van der Waals surface area contributed by atoms with Gasteiger partial charge in [0.05, 0.1) is 13.7 Å². The molecule has 2 fully saturated rings. The number of piperazine rings is 1. The molecule has 0 saturated carbocycles. The normalized spacial score (nSPS) is 21.0. The van der Waals surface area contributed by atoms with Crippen molar-refractivity contribution >= 4 is 29.5 Å². The lowest BCUT2D eigenvalue weighted by molar-refractivity contribution is -0.141. The summed E-state index contributed by atoms with van der Waals surface area (Å²) in [6, 6.07) is 9.26. The maximum atomic E-state index is 12.6. The van der Waals surface area contributed by atoms with Crippen LogP contribution in [0, 0.1) is 0 Å². The van der Waals surface area contributed by atoms with Gasteiger partial charge in [-0.1, -0.05) is 18.2 Å². The number of hydrogen-bond donors (Lipinski definition) is 0. The van der Waals surface area contributed by atoms with E-state index in [1.807, 2.05) is 35.2 Å². The lowest BCUT2D eigenvalue weighted by atomic mass is 10.2. The van der Waals surface area contributed by atoms with Crippen molar-refractivity contribution in [2.45, 2.75) is 5.25 Å². The number of ether oxygens (including phenoxy) is 1. The first kappa shape index (κ1) is 19.7. The van der Waals surface area contributed by atoms with E-state index in [9.17, 15) is 14.4 Å². The zero-order valence-corrected chi connectivity index (χ0v) is 16.3. The largest absolute Gasteiger partial charge is 0.468 e. The van der Waals surface area contributed by atoms with E-state index < -0.39 is 0 Å². The maximum Gasteiger partial charge on any atom is 0.320 e. The number of nitrogens with zero attached hydrogens (tertiary/aromatic N) is 3. The third kappa shape index (κ3) is 5.01. The van der Waals surface area contributed by atoms with E-state index in [1.165, 1.54) is 18.9 Å². The molecule has 1 aromatic carbocycles. The third-order valence-corrected chi connectivity index (χ3v) is 6.08. The Morgan fingerprint density at radius 2 is 1.74 bits per heavy atom. The summed E-state index contributed by atoms with van der Waals surface area (Å²) in [6.07, 6.45) is 0. The van der Waals surface area contributed by atoms with Gasteiger partial charge in [0, 0.05) is 50.6 Å². The van der Waals surface area contributed by atoms with Crippen molar-refractivity contribution in [1.29, 1.82) is 0 Å². The Labute approximate surface area is 163 Å². The number of methoxy groups -OCH3 is 1. The fourth-order valence-corrected chi connectivity index (χ4v) is 4.44. The molecule has 0 aliphatic carbocycles. The molecule has 0 bridgehead atoms. The average molecular weight is 391 g/mol. The summed E-state index contributed by atoms with van der Waals surface area (Å²) in [7, 11) is 1.37. The summed E-state index contributed by atoms with van der Waals surface area (Å²) in [6.45, 7) is 3.96. The highest BCUT2D eigenvalue weighted by molar-refractivity contribution is 8.00. The first-order valence-corrected chi connectivity index (χ1v) is 10.2. The van der Waals surface area contributed by atoms with Gasteiger partial charge in [0.2, 0.25) is 5.91 Å². The van der Waals surface area contributed by atoms with E-state index in [0.717, 1.165) is 5.75 Å². The molecule has 1 aromatic rings. The Bertz CT molecular complexity index is 677. The number of benzene rings is 1. The van der Waals surface area contributed by atoms with Crippen LogP contribution in [-0.4, -0.2) is 96.4 Å². The minimum absolute atomic E-state index is 0.0343. The monoisotopic (exact) mass is 391 g/mol. The number of rotatable bonds is 4. The molecular formula is C19H25N3O4S. The highest BCUT2D eigenvalue weighted by Gasteiger charge is 2.31. The molecule has 2 saturated heterocycles. The Balaban J connectivity index is 1.47. The average Bonchev–Trinajstić information content (AvgIpc) is 2.74. The van der Waals surface area contributed by atoms with Crippen molar-refractivity contribution in [3.8, 4) is 0 Å². The standard InChI is InChI=1S/C19H25N3O4S/c1-26-19(25)16-13-22(11-12-27-16)17(23)14-20-7-9-21(10-8-20)18(24)15-5-3-2-4-6-15/h2-6,16H,7-14H2,1H3/t16-/m1/s1. The van der Waals surface area contributed by atoms with Gasteiger partial charge in [0.1, 0.15) is 5.25 Å². The smallest absolute Gasteiger partial charge is 0.320 e. The summed E-state index contributed by atoms with van der Waals surface area (Å²) in [5.74, 6) is 0.540. The van der Waals surface area contributed by atoms with Crippen LogP contribution in [0.3, 0.4) is 0 Å². The quantitative estimate of drug-likeness (QED) is 0.699. The lowest BCUT2D eigenvalue weighted by Gasteiger charge is -2.36. The second kappa shape index (κ2) is 9.23. The fraction of sp³-hybridized carbons (Fsp3) is 0.526. The van der Waals surface area contributed by atoms with Gasteiger partial charge in [0.25, 0.3) is 5.91 Å². The van der Waals surface area contributed by atoms with Crippen molar-refractivity contribution in [3.63, 3.8) is 0 Å². The first-order chi connectivity index (χ1) is 13.1. The Hall–Kier alpha value is -2.06. The van der Waals surface area contributed by atoms with Crippen LogP contribution in [0.25, 0.3) is 0 Å². The number of thioether (sulfide) groups is 1. The van der Waals surface area contributed by atoms with Crippen LogP contribution in [-0.2, 0) is 14.3 Å². The van der Waals surface area contributed by atoms with Crippen molar-refractivity contribution in [2.24, 2.45) is 0 Å². The number of amides is 2. The molecule has 3 rings (SSSR count). The maximum absolute atomic E-state index is 12.6. The van der Waals surface area contributed by atoms with E-state index in [1.54, 1.807) is 4.90 Å². The van der Waals surface area contributed by atoms with Crippen LogP contribution in [0.15, 0.2) is 30.3 Å². The molecule has 27 heavy (non-hydrogen) atoms. The van der Waals surface area contributed by atoms with Crippen LogP contribution in [0.4, 0.5) is 0 Å². The topological polar surface area (TPSA) is 70.2 Å². The van der Waals surface area contributed by atoms with Gasteiger partial charge in [-0.2, -0.15) is 0 Å². The van der Waals surface area contributed by atoms with E-state index in [0.29, 0.717) is 51.4 Å². The molecule has 0 spiro atoms. The van der Waals surface area contributed by atoms with Gasteiger partial charge < -0.3 is 14.5 Å². The van der Waals surface area contributed by atoms with Gasteiger partial charge in [-0.25, -0.2) is 0 Å². The molecule has 2 aliphatic heterocycles. The highest BCUT2D eigenvalue weighted by Crippen LogP contribution is 2.20. The minimum Gasteiger partial charge on any atom is -0.468 e. The van der Waals surface area contributed by atoms with E-state index in [2.05, 4.69) is 4.90 Å². The van der Waals surface area contributed by atoms with Gasteiger partial charge in [-0.05, 0) is 12.1 Å². The Morgan fingerprint density at radius 1 is 1.04 bits per heavy atom. The zero-order chi connectivity index (χ0) is 19.2. The van der Waals surface area contributed by atoms with Crippen molar-refractivity contribution in [3.05, 3.63) is 35.9 Å². The Kier molecular flexibility index (Phi) is 6.73. The zero-order valence-electron chi connectivity index (χ0n) is 15.5. The number of carbonyl (C=O) groups excluding carboxylic acids is 3. The summed E-state index contributed by atoms with van der Waals surface area (Å²) < 4.78 is 4.79. The SMILES string of the molecule is COC(=O)[C@H]1CN(C(=O)CN2CCN(C(=O)c3ccccc3)CC2)CCS1. The molecule has 1 atom stereocenters. The predicted octanol–water partition coefficient (Wildman–Crippen LogP) is 0.561. The van der Waals surface area contributed by atoms with Crippen LogP contribution < -0.4 is 0 Å². The third-order valence-electron chi connectivity index (χ3n) is 4.92. The van der Waals surface area contributed by atoms with Crippen molar-refractivity contribution < 1.29 is 19.1 Å². The minimum atomic E-state index is -0.298. The molecule has 0 radical (unpaired) electrons. The molecule has 0 N–H and O–H groups in total. The fourth-order valence-electron chi connectivity index (χ4n) is 3.31. The number of esters is 1. The van der Waals surface area contributed by atoms with Gasteiger partial charge >= 0.3 is 5.97 Å². The number of hydrogen-bond acceptors (Lipinski definition) is 6. The molecule has 7 nitrogen and oxygen atoms in total. The van der Waals surface area contributed by atoms with Gasteiger partial charge in [-0.3, -0.25) is 19.3 Å². The lowest BCUT2D eigenvalue weighted by Crippen LogP contribution is -2.53. The van der Waals surface area contributed by atoms with E-state index in [-0.39, 0.29) is 23.0 Å². The van der Waals surface area contributed by atoms with Crippen LogP contribution in [0.1, 0.15) is 10.4 Å².